The van der Waals surface area contributed by atoms with Gasteiger partial charge in [0, 0.05) is 34.0 Å². The Morgan fingerprint density at radius 1 is 0.357 bits per heavy atom. The zero-order valence-corrected chi connectivity index (χ0v) is 30.4. The molecule has 0 fully saturated rings. The van der Waals surface area contributed by atoms with Crippen molar-refractivity contribution in [2.75, 3.05) is 4.90 Å². The Kier molecular flexibility index (Phi) is 7.49. The molecule has 0 atom stereocenters. The molecule has 0 aliphatic rings. The monoisotopic (exact) mass is 714 g/mol. The quantitative estimate of drug-likeness (QED) is 0.172. The van der Waals surface area contributed by atoms with Crippen LogP contribution in [0.25, 0.3) is 87.6 Å². The molecule has 2 heterocycles. The van der Waals surface area contributed by atoms with E-state index >= 15 is 0 Å². The van der Waals surface area contributed by atoms with Crippen molar-refractivity contribution in [2.24, 2.45) is 0 Å². The lowest BCUT2D eigenvalue weighted by molar-refractivity contribution is 0.667. The van der Waals surface area contributed by atoms with Crippen molar-refractivity contribution in [1.29, 1.82) is 0 Å². The Labute approximate surface area is 324 Å². The van der Waals surface area contributed by atoms with Gasteiger partial charge in [-0.15, -0.1) is 0 Å². The van der Waals surface area contributed by atoms with Gasteiger partial charge in [-0.1, -0.05) is 140 Å². The van der Waals surface area contributed by atoms with Gasteiger partial charge in [0.2, 0.25) is 0 Å². The Morgan fingerprint density at radius 2 is 1.00 bits per heavy atom. The molecule has 2 aromatic heterocycles. The highest BCUT2D eigenvalue weighted by Gasteiger charge is 2.18. The molecule has 0 aliphatic carbocycles. The SMILES string of the molecule is c1ccc(-c2ccc3ccccc3c2-c2ccc(N(c3ccc(-c4cccc5ccccc45)cc3)c3ccc4cc5c(cc4c3)oc3cnccc35)cc2)cc1. The molecule has 56 heavy (non-hydrogen) atoms. The van der Waals surface area contributed by atoms with E-state index in [0.29, 0.717) is 0 Å². The van der Waals surface area contributed by atoms with E-state index in [1.54, 1.807) is 6.20 Å². The fourth-order valence-corrected chi connectivity index (χ4v) is 8.43. The molecule has 0 spiro atoms. The van der Waals surface area contributed by atoms with Crippen molar-refractivity contribution in [3.63, 3.8) is 0 Å². The predicted molar refractivity (Wildman–Crippen MR) is 235 cm³/mol. The third-order valence-electron chi connectivity index (χ3n) is 11.1. The van der Waals surface area contributed by atoms with Gasteiger partial charge in [0.15, 0.2) is 5.58 Å². The molecular weight excluding hydrogens is 681 g/mol. The van der Waals surface area contributed by atoms with Crippen molar-refractivity contribution in [3.05, 3.63) is 207 Å². The first kappa shape index (κ1) is 32.0. The maximum absolute atomic E-state index is 6.27. The first-order valence-corrected chi connectivity index (χ1v) is 19.0. The zero-order valence-electron chi connectivity index (χ0n) is 30.4. The lowest BCUT2D eigenvalue weighted by Crippen LogP contribution is -2.09. The van der Waals surface area contributed by atoms with Gasteiger partial charge in [-0.25, -0.2) is 0 Å². The van der Waals surface area contributed by atoms with Gasteiger partial charge in [0.25, 0.3) is 0 Å². The van der Waals surface area contributed by atoms with E-state index in [2.05, 4.69) is 198 Å². The van der Waals surface area contributed by atoms with Gasteiger partial charge in [0.1, 0.15) is 5.58 Å². The molecule has 0 N–H and O–H groups in total. The lowest BCUT2D eigenvalue weighted by Gasteiger charge is -2.26. The molecule has 0 bridgehead atoms. The van der Waals surface area contributed by atoms with Crippen molar-refractivity contribution in [3.8, 4) is 33.4 Å². The highest BCUT2D eigenvalue weighted by atomic mass is 16.3. The van der Waals surface area contributed by atoms with Gasteiger partial charge >= 0.3 is 0 Å². The van der Waals surface area contributed by atoms with Gasteiger partial charge in [0.05, 0.1) is 6.20 Å². The standard InChI is InChI=1S/C53H34N2O/c1-2-9-36(10-3-1)48-28-22-37-12-5-7-15-47(37)53(48)39-19-25-43(26-20-39)55(42-23-17-38(18-24-42)46-16-8-13-35-11-4-6-14-45(35)46)44-27-21-40-32-50-49-29-30-54-34-52(49)56-51(50)33-41(40)31-44/h1-34H. The van der Waals surface area contributed by atoms with Crippen LogP contribution < -0.4 is 4.90 Å². The normalized spacial score (nSPS) is 11.6. The molecule has 3 nitrogen and oxygen atoms in total. The number of pyridine rings is 1. The smallest absolute Gasteiger partial charge is 0.153 e. The first-order valence-electron chi connectivity index (χ1n) is 19.0. The van der Waals surface area contributed by atoms with Crippen LogP contribution in [0.2, 0.25) is 0 Å². The number of hydrogen-bond donors (Lipinski definition) is 0. The highest BCUT2D eigenvalue weighted by Crippen LogP contribution is 2.42. The van der Waals surface area contributed by atoms with Crippen LogP contribution in [0.5, 0.6) is 0 Å². The minimum absolute atomic E-state index is 0.799. The van der Waals surface area contributed by atoms with E-state index in [1.807, 2.05) is 12.3 Å². The van der Waals surface area contributed by atoms with E-state index in [-0.39, 0.29) is 0 Å². The highest BCUT2D eigenvalue weighted by molar-refractivity contribution is 6.10. The molecule has 0 amide bonds. The van der Waals surface area contributed by atoms with Crippen molar-refractivity contribution >= 4 is 71.3 Å². The summed E-state index contributed by atoms with van der Waals surface area (Å²) in [5.41, 5.74) is 12.1. The second kappa shape index (κ2) is 13.1. The van der Waals surface area contributed by atoms with Crippen LogP contribution >= 0.6 is 0 Å². The molecule has 9 aromatic carbocycles. The van der Waals surface area contributed by atoms with Crippen LogP contribution in [-0.4, -0.2) is 4.98 Å². The predicted octanol–water partition coefficient (Wildman–Crippen LogP) is 14.9. The number of aromatic nitrogens is 1. The third-order valence-corrected chi connectivity index (χ3v) is 11.1. The minimum atomic E-state index is 0.799. The summed E-state index contributed by atoms with van der Waals surface area (Å²) in [7, 11) is 0. The molecule has 0 saturated heterocycles. The minimum Gasteiger partial charge on any atom is -0.454 e. The van der Waals surface area contributed by atoms with Crippen molar-refractivity contribution in [1.82, 2.24) is 4.98 Å². The lowest BCUT2D eigenvalue weighted by atomic mass is 9.89. The van der Waals surface area contributed by atoms with E-state index in [9.17, 15) is 0 Å². The van der Waals surface area contributed by atoms with Gasteiger partial charge in [-0.05, 0) is 120 Å². The van der Waals surface area contributed by atoms with Gasteiger partial charge in [-0.2, -0.15) is 0 Å². The van der Waals surface area contributed by atoms with Crippen LogP contribution in [0.1, 0.15) is 0 Å². The van der Waals surface area contributed by atoms with E-state index in [0.717, 1.165) is 49.8 Å². The Bertz CT molecular complexity index is 3230. The molecule has 262 valence electrons. The Morgan fingerprint density at radius 3 is 1.80 bits per heavy atom. The van der Waals surface area contributed by atoms with Crippen LogP contribution in [0.15, 0.2) is 211 Å². The number of rotatable bonds is 6. The summed E-state index contributed by atoms with van der Waals surface area (Å²) in [6.07, 6.45) is 3.61. The third kappa shape index (κ3) is 5.40. The van der Waals surface area contributed by atoms with Crippen molar-refractivity contribution in [2.45, 2.75) is 0 Å². The van der Waals surface area contributed by atoms with Gasteiger partial charge < -0.3 is 9.32 Å². The fourth-order valence-electron chi connectivity index (χ4n) is 8.43. The Balaban J connectivity index is 1.06. The summed E-state index contributed by atoms with van der Waals surface area (Å²) in [5, 5.41) is 9.41. The molecule has 0 radical (unpaired) electrons. The van der Waals surface area contributed by atoms with E-state index in [1.165, 1.54) is 54.9 Å². The van der Waals surface area contributed by atoms with Crippen LogP contribution in [0, 0.1) is 0 Å². The molecular formula is C53H34N2O. The Hall–Kier alpha value is -7.49. The zero-order chi connectivity index (χ0) is 37.0. The first-order chi connectivity index (χ1) is 27.7. The van der Waals surface area contributed by atoms with Crippen LogP contribution in [0.3, 0.4) is 0 Å². The number of hydrogen-bond acceptors (Lipinski definition) is 3. The molecule has 0 unspecified atom stereocenters. The van der Waals surface area contributed by atoms with E-state index in [4.69, 9.17) is 4.42 Å². The topological polar surface area (TPSA) is 29.3 Å². The number of furan rings is 1. The largest absolute Gasteiger partial charge is 0.454 e. The average molecular weight is 715 g/mol. The summed E-state index contributed by atoms with van der Waals surface area (Å²) in [5.74, 6) is 0. The van der Waals surface area contributed by atoms with Crippen molar-refractivity contribution < 1.29 is 4.42 Å². The second-order valence-corrected chi connectivity index (χ2v) is 14.4. The number of anilines is 3. The molecule has 0 saturated carbocycles. The number of benzene rings is 9. The van der Waals surface area contributed by atoms with Crippen LogP contribution in [-0.2, 0) is 0 Å². The van der Waals surface area contributed by atoms with E-state index < -0.39 is 0 Å². The molecule has 0 aliphatic heterocycles. The summed E-state index contributed by atoms with van der Waals surface area (Å²) >= 11 is 0. The second-order valence-electron chi connectivity index (χ2n) is 14.4. The maximum atomic E-state index is 6.27. The average Bonchev–Trinajstić information content (AvgIpc) is 3.63. The molecule has 11 aromatic rings. The maximum Gasteiger partial charge on any atom is 0.153 e. The van der Waals surface area contributed by atoms with Gasteiger partial charge in [-0.3, -0.25) is 4.98 Å². The summed E-state index contributed by atoms with van der Waals surface area (Å²) in [6, 6.07) is 70.1. The summed E-state index contributed by atoms with van der Waals surface area (Å²) in [4.78, 5) is 6.63. The summed E-state index contributed by atoms with van der Waals surface area (Å²) in [6.45, 7) is 0. The molecule has 3 heteroatoms. The number of nitrogens with zero attached hydrogens (tertiary/aromatic N) is 2. The fraction of sp³-hybridized carbons (Fsp3) is 0. The summed E-state index contributed by atoms with van der Waals surface area (Å²) < 4.78 is 6.27. The molecule has 11 rings (SSSR count). The number of fused-ring (bicyclic) bond motifs is 6. The van der Waals surface area contributed by atoms with Crippen LogP contribution in [0.4, 0.5) is 17.1 Å².